The van der Waals surface area contributed by atoms with Gasteiger partial charge in [-0.15, -0.1) is 0 Å². The minimum absolute atomic E-state index is 0.0371. The van der Waals surface area contributed by atoms with E-state index in [1.165, 1.54) is 0 Å². The molecule has 0 aromatic heterocycles. The first kappa shape index (κ1) is 27.6. The van der Waals surface area contributed by atoms with E-state index in [9.17, 15) is 19.5 Å². The Hall–Kier alpha value is -2.45. The molecule has 3 aliphatic rings. The lowest BCUT2D eigenvalue weighted by Crippen LogP contribution is -2.57. The summed E-state index contributed by atoms with van der Waals surface area (Å²) in [5.41, 5.74) is 0.746. The van der Waals surface area contributed by atoms with Crippen LogP contribution in [0.15, 0.2) is 18.2 Å². The Morgan fingerprint density at radius 1 is 1.19 bits per heavy atom. The monoisotopic (exact) mass is 513 g/mol. The van der Waals surface area contributed by atoms with Gasteiger partial charge in [0.15, 0.2) is 0 Å². The molecule has 3 N–H and O–H groups in total. The number of hydrogen-bond acceptors (Lipinski definition) is 5. The second-order valence-electron chi connectivity index (χ2n) is 11.3. The largest absolute Gasteiger partial charge is 0.394 e. The number of fused-ring (bicyclic) bond motifs is 1. The highest BCUT2D eigenvalue weighted by Gasteiger charge is 2.79. The van der Waals surface area contributed by atoms with Crippen LogP contribution in [0.4, 0.5) is 5.69 Å². The first-order valence-corrected chi connectivity index (χ1v) is 13.9. The molecule has 1 aromatic rings. The Morgan fingerprint density at radius 3 is 2.54 bits per heavy atom. The molecule has 3 heterocycles. The Balaban J connectivity index is 1.81. The fourth-order valence-corrected chi connectivity index (χ4v) is 6.95. The zero-order chi connectivity index (χ0) is 27.1. The van der Waals surface area contributed by atoms with E-state index in [1.807, 2.05) is 59.7 Å². The molecule has 1 aromatic carbocycles. The Morgan fingerprint density at radius 2 is 1.92 bits per heavy atom. The van der Waals surface area contributed by atoms with Crippen molar-refractivity contribution < 1.29 is 24.2 Å². The molecule has 37 heavy (non-hydrogen) atoms. The standard InChI is InChI=1S/C29H43N3O5/c1-7-14-30-25(34)22-23-27(36)32(21(16-33)18(5)8-2)24(29(23)13-12-28(22,9-3)37-29)26(35)31-20-15-17(4)10-11-19(20)6/h10-11,15,18,21-24,33H,7-9,12-14,16H2,1-6H3,(H,30,34)(H,31,35)/t18-,21-,22-,23-,24?,28+,29?/m0/s1. The number of carbonyl (C=O) groups is 3. The van der Waals surface area contributed by atoms with Crippen LogP contribution in [0, 0.1) is 31.6 Å². The lowest BCUT2D eigenvalue weighted by atomic mass is 9.65. The average molecular weight is 514 g/mol. The molecule has 4 rings (SSSR count). The summed E-state index contributed by atoms with van der Waals surface area (Å²) in [6.45, 7) is 12.1. The number of benzene rings is 1. The van der Waals surface area contributed by atoms with Gasteiger partial charge in [0.2, 0.25) is 17.7 Å². The van der Waals surface area contributed by atoms with E-state index >= 15 is 0 Å². The van der Waals surface area contributed by atoms with Crippen LogP contribution in [0.25, 0.3) is 0 Å². The summed E-state index contributed by atoms with van der Waals surface area (Å²) in [6, 6.07) is 4.38. The number of ether oxygens (including phenoxy) is 1. The molecule has 204 valence electrons. The summed E-state index contributed by atoms with van der Waals surface area (Å²) >= 11 is 0. The summed E-state index contributed by atoms with van der Waals surface area (Å²) in [6.07, 6.45) is 3.25. The summed E-state index contributed by atoms with van der Waals surface area (Å²) in [7, 11) is 0. The van der Waals surface area contributed by atoms with Crippen LogP contribution < -0.4 is 10.6 Å². The van der Waals surface area contributed by atoms with Crippen molar-refractivity contribution in [2.75, 3.05) is 18.5 Å². The normalized spacial score (nSPS) is 31.8. The van der Waals surface area contributed by atoms with Crippen molar-refractivity contribution in [1.29, 1.82) is 0 Å². The van der Waals surface area contributed by atoms with E-state index in [-0.39, 0.29) is 30.2 Å². The molecule has 3 fully saturated rings. The lowest BCUT2D eigenvalue weighted by Gasteiger charge is -2.39. The predicted molar refractivity (Wildman–Crippen MR) is 142 cm³/mol. The topological polar surface area (TPSA) is 108 Å². The SMILES string of the molecule is CCCNC(=O)[C@@H]1[C@H]2C(=O)N([C@@H](CO)[C@@H](C)CC)C(C(=O)Nc3cc(C)ccc3C)C23CC[C@@]1(CC)O3. The van der Waals surface area contributed by atoms with Gasteiger partial charge in [0.25, 0.3) is 0 Å². The first-order valence-electron chi connectivity index (χ1n) is 13.9. The van der Waals surface area contributed by atoms with Crippen LogP contribution in [-0.4, -0.2) is 64.2 Å². The second kappa shape index (κ2) is 10.4. The van der Waals surface area contributed by atoms with Crippen molar-refractivity contribution in [1.82, 2.24) is 10.2 Å². The number of aliphatic hydroxyl groups excluding tert-OH is 1. The number of carbonyl (C=O) groups excluding carboxylic acids is 3. The van der Waals surface area contributed by atoms with Gasteiger partial charge in [-0.2, -0.15) is 0 Å². The molecule has 8 heteroatoms. The van der Waals surface area contributed by atoms with E-state index in [0.717, 1.165) is 24.0 Å². The Labute approximate surface area is 220 Å². The quantitative estimate of drug-likeness (QED) is 0.445. The number of likely N-dealkylation sites (tertiary alicyclic amines) is 1. The van der Waals surface area contributed by atoms with Gasteiger partial charge in [0, 0.05) is 12.2 Å². The maximum Gasteiger partial charge on any atom is 0.250 e. The fraction of sp³-hybridized carbons (Fsp3) is 0.690. The molecule has 0 saturated carbocycles. The highest BCUT2D eigenvalue weighted by molar-refractivity contribution is 6.04. The fourth-order valence-electron chi connectivity index (χ4n) is 6.95. The molecule has 3 aliphatic heterocycles. The highest BCUT2D eigenvalue weighted by atomic mass is 16.5. The number of rotatable bonds is 10. The Bertz CT molecular complexity index is 1060. The molecule has 0 aliphatic carbocycles. The van der Waals surface area contributed by atoms with Gasteiger partial charge in [0.1, 0.15) is 11.6 Å². The lowest BCUT2D eigenvalue weighted by molar-refractivity contribution is -0.150. The van der Waals surface area contributed by atoms with Crippen molar-refractivity contribution in [3.8, 4) is 0 Å². The summed E-state index contributed by atoms with van der Waals surface area (Å²) in [5.74, 6) is -2.22. The van der Waals surface area contributed by atoms with Gasteiger partial charge in [0.05, 0.1) is 30.1 Å². The van der Waals surface area contributed by atoms with Crippen LogP contribution in [0.2, 0.25) is 0 Å². The van der Waals surface area contributed by atoms with Crippen molar-refractivity contribution >= 4 is 23.4 Å². The van der Waals surface area contributed by atoms with Gasteiger partial charge in [-0.05, 0) is 62.6 Å². The van der Waals surface area contributed by atoms with Crippen LogP contribution >= 0.6 is 0 Å². The molecule has 8 nitrogen and oxygen atoms in total. The molecular formula is C29H43N3O5. The van der Waals surface area contributed by atoms with Crippen molar-refractivity contribution in [3.63, 3.8) is 0 Å². The van der Waals surface area contributed by atoms with E-state index in [1.54, 1.807) is 4.90 Å². The predicted octanol–water partition coefficient (Wildman–Crippen LogP) is 3.33. The zero-order valence-corrected chi connectivity index (χ0v) is 23.1. The van der Waals surface area contributed by atoms with Crippen LogP contribution in [-0.2, 0) is 19.1 Å². The molecule has 2 unspecified atom stereocenters. The van der Waals surface area contributed by atoms with Gasteiger partial charge in [-0.3, -0.25) is 14.4 Å². The maximum absolute atomic E-state index is 14.3. The van der Waals surface area contributed by atoms with Crippen LogP contribution in [0.1, 0.15) is 70.9 Å². The highest BCUT2D eigenvalue weighted by Crippen LogP contribution is 2.64. The maximum atomic E-state index is 14.3. The third-order valence-electron chi connectivity index (χ3n) is 9.19. The third-order valence-corrected chi connectivity index (χ3v) is 9.19. The van der Waals surface area contributed by atoms with Gasteiger partial charge < -0.3 is 25.4 Å². The zero-order valence-electron chi connectivity index (χ0n) is 23.1. The summed E-state index contributed by atoms with van der Waals surface area (Å²) in [5, 5.41) is 16.5. The van der Waals surface area contributed by atoms with E-state index in [0.29, 0.717) is 31.5 Å². The molecule has 0 radical (unpaired) electrons. The number of amides is 3. The van der Waals surface area contributed by atoms with E-state index in [2.05, 4.69) is 10.6 Å². The van der Waals surface area contributed by atoms with Crippen LogP contribution in [0.3, 0.4) is 0 Å². The van der Waals surface area contributed by atoms with Crippen LogP contribution in [0.5, 0.6) is 0 Å². The number of anilines is 1. The van der Waals surface area contributed by atoms with Gasteiger partial charge in [-0.25, -0.2) is 0 Å². The molecule has 2 bridgehead atoms. The number of aliphatic hydroxyl groups is 1. The number of nitrogens with one attached hydrogen (secondary N) is 2. The first-order chi connectivity index (χ1) is 17.6. The van der Waals surface area contributed by atoms with E-state index in [4.69, 9.17) is 4.74 Å². The molecule has 1 spiro atoms. The molecular weight excluding hydrogens is 470 g/mol. The number of aryl methyl sites for hydroxylation is 2. The van der Waals surface area contributed by atoms with Crippen molar-refractivity contribution in [2.45, 2.75) is 96.9 Å². The summed E-state index contributed by atoms with van der Waals surface area (Å²) < 4.78 is 6.80. The number of nitrogens with zero attached hydrogens (tertiary/aromatic N) is 1. The number of hydrogen-bond donors (Lipinski definition) is 3. The molecule has 3 amide bonds. The molecule has 7 atom stereocenters. The minimum atomic E-state index is -1.11. The third kappa shape index (κ3) is 4.26. The van der Waals surface area contributed by atoms with Crippen molar-refractivity contribution in [3.05, 3.63) is 29.3 Å². The second-order valence-corrected chi connectivity index (χ2v) is 11.3. The molecule has 3 saturated heterocycles. The van der Waals surface area contributed by atoms with E-state index < -0.39 is 35.1 Å². The van der Waals surface area contributed by atoms with Crippen molar-refractivity contribution in [2.24, 2.45) is 17.8 Å². The van der Waals surface area contributed by atoms with Gasteiger partial charge in [-0.1, -0.05) is 46.2 Å². The average Bonchev–Trinajstić information content (AvgIpc) is 3.49. The smallest absolute Gasteiger partial charge is 0.250 e. The Kier molecular flexibility index (Phi) is 7.73. The van der Waals surface area contributed by atoms with Gasteiger partial charge >= 0.3 is 0 Å². The minimum Gasteiger partial charge on any atom is -0.394 e. The summed E-state index contributed by atoms with van der Waals surface area (Å²) in [4.78, 5) is 43.6.